The second-order valence-electron chi connectivity index (χ2n) is 10.9. The highest BCUT2D eigenvalue weighted by atomic mass is 16.5. The van der Waals surface area contributed by atoms with Crippen LogP contribution in [0.3, 0.4) is 0 Å². The fraction of sp³-hybridized carbons (Fsp3) is 0.500. The summed E-state index contributed by atoms with van der Waals surface area (Å²) in [4.78, 5) is 17.1. The molecule has 0 N–H and O–H groups in total. The van der Waals surface area contributed by atoms with Gasteiger partial charge in [0.05, 0.1) is 11.2 Å². The van der Waals surface area contributed by atoms with E-state index in [4.69, 9.17) is 4.74 Å². The predicted molar refractivity (Wildman–Crippen MR) is 121 cm³/mol. The third kappa shape index (κ3) is 2.23. The number of nitrogens with zero attached hydrogens (tertiary/aromatic N) is 1. The normalized spacial score (nSPS) is 40.7. The number of carbonyl (C=O) groups is 1. The summed E-state index contributed by atoms with van der Waals surface area (Å²) in [5, 5.41) is 2.50. The van der Waals surface area contributed by atoms with Crippen molar-refractivity contribution in [1.29, 1.82) is 0 Å². The molecule has 1 aromatic carbocycles. The van der Waals surface area contributed by atoms with Gasteiger partial charge in [-0.15, -0.1) is 0 Å². The van der Waals surface area contributed by atoms with Crippen molar-refractivity contribution < 1.29 is 9.53 Å². The Bertz CT molecular complexity index is 1190. The van der Waals surface area contributed by atoms with E-state index in [9.17, 15) is 4.79 Å². The van der Waals surface area contributed by atoms with E-state index in [-0.39, 0.29) is 16.6 Å². The van der Waals surface area contributed by atoms with Gasteiger partial charge in [0.15, 0.2) is 5.78 Å². The maximum absolute atomic E-state index is 12.7. The van der Waals surface area contributed by atoms with E-state index in [1.807, 2.05) is 12.4 Å². The van der Waals surface area contributed by atoms with Crippen LogP contribution in [0, 0.1) is 11.3 Å². The molecule has 3 fully saturated rings. The molecule has 1 aromatic heterocycles. The van der Waals surface area contributed by atoms with Crippen LogP contribution in [-0.2, 0) is 9.53 Å². The number of benzene rings is 1. The molecular weight excluding hydrogens is 382 g/mol. The molecule has 3 heteroatoms. The quantitative estimate of drug-likeness (QED) is 0.574. The van der Waals surface area contributed by atoms with Gasteiger partial charge in [0, 0.05) is 29.8 Å². The number of ketones is 1. The Balaban J connectivity index is 1.32. The first-order valence-electron chi connectivity index (χ1n) is 12.0. The summed E-state index contributed by atoms with van der Waals surface area (Å²) in [6.45, 7) is 2.50. The number of allylic oxidation sites excluding steroid dienone is 1. The average molecular weight is 412 g/mol. The van der Waals surface area contributed by atoms with Crippen molar-refractivity contribution in [2.75, 3.05) is 0 Å². The van der Waals surface area contributed by atoms with Crippen molar-refractivity contribution >= 4 is 16.6 Å². The van der Waals surface area contributed by atoms with Gasteiger partial charge in [-0.05, 0) is 96.9 Å². The van der Waals surface area contributed by atoms with Crippen molar-refractivity contribution in [3.8, 4) is 0 Å². The zero-order chi connectivity index (χ0) is 20.8. The fourth-order valence-corrected chi connectivity index (χ4v) is 8.12. The molecule has 5 atom stereocenters. The van der Waals surface area contributed by atoms with Gasteiger partial charge in [-0.2, -0.15) is 0 Å². The lowest BCUT2D eigenvalue weighted by atomic mass is 9.58. The molecule has 2 bridgehead atoms. The minimum atomic E-state index is -0.294. The smallest absolute Gasteiger partial charge is 0.161 e. The first kappa shape index (κ1) is 18.3. The van der Waals surface area contributed by atoms with E-state index >= 15 is 0 Å². The van der Waals surface area contributed by atoms with E-state index < -0.39 is 0 Å². The number of Topliss-reactive ketones (excluding diaryl/α,β-unsaturated/α-hetero) is 1. The van der Waals surface area contributed by atoms with Crippen molar-refractivity contribution in [2.24, 2.45) is 11.3 Å². The minimum absolute atomic E-state index is 0.179. The second kappa shape index (κ2) is 5.95. The molecule has 0 unspecified atom stereocenters. The summed E-state index contributed by atoms with van der Waals surface area (Å²) in [5.41, 5.74) is 3.47. The largest absolute Gasteiger partial charge is 0.359 e. The van der Waals surface area contributed by atoms with Crippen molar-refractivity contribution in [3.05, 3.63) is 65.5 Å². The highest BCUT2D eigenvalue weighted by Gasteiger charge is 2.66. The Morgan fingerprint density at radius 3 is 2.97 bits per heavy atom. The summed E-state index contributed by atoms with van der Waals surface area (Å²) in [6, 6.07) is 9.06. The first-order chi connectivity index (χ1) is 15.0. The molecule has 7 rings (SSSR count). The zero-order valence-electron chi connectivity index (χ0n) is 18.2. The van der Waals surface area contributed by atoms with E-state index in [1.54, 1.807) is 0 Å². The molecule has 5 aliphatic rings. The van der Waals surface area contributed by atoms with Gasteiger partial charge >= 0.3 is 0 Å². The molecule has 3 aliphatic carbocycles. The van der Waals surface area contributed by atoms with Crippen LogP contribution in [0.25, 0.3) is 10.8 Å². The van der Waals surface area contributed by atoms with Crippen LogP contribution < -0.4 is 0 Å². The van der Waals surface area contributed by atoms with Crippen molar-refractivity contribution in [3.63, 3.8) is 0 Å². The number of rotatable bonds is 1. The molecule has 31 heavy (non-hydrogen) atoms. The molecule has 3 heterocycles. The maximum Gasteiger partial charge on any atom is 0.161 e. The van der Waals surface area contributed by atoms with Gasteiger partial charge in [-0.1, -0.05) is 25.1 Å². The zero-order valence-corrected chi connectivity index (χ0v) is 18.2. The highest BCUT2D eigenvalue weighted by Crippen LogP contribution is 2.69. The van der Waals surface area contributed by atoms with Crippen LogP contribution in [0.5, 0.6) is 0 Å². The lowest BCUT2D eigenvalue weighted by Crippen LogP contribution is -2.54. The van der Waals surface area contributed by atoms with Crippen molar-refractivity contribution in [1.82, 2.24) is 4.98 Å². The standard InChI is InChI=1S/C28H29NO2/c1-26-11-8-21-16-23-24(30)3-2-10-27(23)12-13-28(21,31-27)25(26)7-6-22(26)19-5-4-18-9-14-29-17-20(18)15-19/h4-5,8-9,14-17,22,25H,2-3,6-7,10-13H2,1H3/t22-,25-,26-,27+,28-/m1/s1. The van der Waals surface area contributed by atoms with Gasteiger partial charge in [-0.3, -0.25) is 9.78 Å². The third-order valence-corrected chi connectivity index (χ3v) is 9.57. The molecule has 2 spiro atoms. The predicted octanol–water partition coefficient (Wildman–Crippen LogP) is 6.05. The summed E-state index contributed by atoms with van der Waals surface area (Å²) in [5.74, 6) is 1.38. The molecule has 2 aromatic rings. The number of carbonyl (C=O) groups excluding carboxylic acids is 1. The summed E-state index contributed by atoms with van der Waals surface area (Å²) < 4.78 is 7.12. The monoisotopic (exact) mass is 411 g/mol. The van der Waals surface area contributed by atoms with E-state index in [1.165, 1.54) is 34.8 Å². The second-order valence-corrected chi connectivity index (χ2v) is 10.9. The molecule has 0 radical (unpaired) electrons. The minimum Gasteiger partial charge on any atom is -0.359 e. The highest BCUT2D eigenvalue weighted by molar-refractivity contribution is 5.99. The summed E-state index contributed by atoms with van der Waals surface area (Å²) in [7, 11) is 0. The Labute approximate surface area is 183 Å². The van der Waals surface area contributed by atoms with Crippen LogP contribution >= 0.6 is 0 Å². The molecule has 1 saturated heterocycles. The number of ether oxygens (including phenoxy) is 1. The number of hydrogen-bond donors (Lipinski definition) is 0. The van der Waals surface area contributed by atoms with Gasteiger partial charge in [-0.25, -0.2) is 0 Å². The molecule has 158 valence electrons. The summed E-state index contributed by atoms with van der Waals surface area (Å²) in [6.07, 6.45) is 16.8. The lowest BCUT2D eigenvalue weighted by molar-refractivity contribution is -0.143. The van der Waals surface area contributed by atoms with Gasteiger partial charge in [0.2, 0.25) is 0 Å². The molecule has 0 amide bonds. The van der Waals surface area contributed by atoms with Gasteiger partial charge < -0.3 is 4.74 Å². The number of pyridine rings is 1. The number of fused-ring (bicyclic) bond motifs is 2. The third-order valence-electron chi connectivity index (χ3n) is 9.57. The Kier molecular flexibility index (Phi) is 3.52. The first-order valence-corrected chi connectivity index (χ1v) is 12.0. The molecule has 2 aliphatic heterocycles. The fourth-order valence-electron chi connectivity index (χ4n) is 8.12. The Morgan fingerprint density at radius 1 is 1.10 bits per heavy atom. The Morgan fingerprint density at radius 2 is 2.03 bits per heavy atom. The van der Waals surface area contributed by atoms with Crippen LogP contribution in [-0.4, -0.2) is 22.0 Å². The van der Waals surface area contributed by atoms with Crippen LogP contribution in [0.4, 0.5) is 0 Å². The van der Waals surface area contributed by atoms with Crippen LogP contribution in [0.1, 0.15) is 69.8 Å². The topological polar surface area (TPSA) is 39.2 Å². The SMILES string of the molecule is C[C@]12CC=C3C=C4C(=O)CCC[C@]45CC[C@]3(O5)[C@@H]1CC[C@@H]2c1ccc2ccncc2c1. The maximum atomic E-state index is 12.7. The lowest BCUT2D eigenvalue weighted by Gasteiger charge is -2.53. The van der Waals surface area contributed by atoms with Gasteiger partial charge in [0.25, 0.3) is 0 Å². The number of aromatic nitrogens is 1. The molecular formula is C28H29NO2. The molecule has 2 saturated carbocycles. The molecule has 3 nitrogen and oxygen atoms in total. The van der Waals surface area contributed by atoms with Crippen molar-refractivity contribution in [2.45, 2.75) is 75.4 Å². The number of hydrogen-bond acceptors (Lipinski definition) is 3. The van der Waals surface area contributed by atoms with Crippen LogP contribution in [0.2, 0.25) is 0 Å². The average Bonchev–Trinajstić information content (AvgIpc) is 3.29. The van der Waals surface area contributed by atoms with Gasteiger partial charge in [0.1, 0.15) is 0 Å². The van der Waals surface area contributed by atoms with E-state index in [0.29, 0.717) is 24.0 Å². The Hall–Kier alpha value is -2.26. The summed E-state index contributed by atoms with van der Waals surface area (Å²) >= 11 is 0. The van der Waals surface area contributed by atoms with E-state index in [2.05, 4.69) is 48.3 Å². The van der Waals surface area contributed by atoms with Crippen LogP contribution in [0.15, 0.2) is 60.0 Å². The van der Waals surface area contributed by atoms with E-state index in [0.717, 1.165) is 37.7 Å².